The van der Waals surface area contributed by atoms with Gasteiger partial charge in [-0.1, -0.05) is 24.3 Å². The van der Waals surface area contributed by atoms with Crippen molar-refractivity contribution in [2.24, 2.45) is 0 Å². The minimum absolute atomic E-state index is 0.0354. The summed E-state index contributed by atoms with van der Waals surface area (Å²) >= 11 is 0. The van der Waals surface area contributed by atoms with Crippen molar-refractivity contribution in [1.82, 2.24) is 35.4 Å². The van der Waals surface area contributed by atoms with Gasteiger partial charge in [0.15, 0.2) is 5.82 Å². The molecule has 36 heavy (non-hydrogen) atoms. The molecule has 0 spiro atoms. The monoisotopic (exact) mass is 485 g/mol. The predicted molar refractivity (Wildman–Crippen MR) is 130 cm³/mol. The third-order valence-corrected chi connectivity index (χ3v) is 6.20. The van der Waals surface area contributed by atoms with Gasteiger partial charge in [0, 0.05) is 25.2 Å². The molecule has 1 aliphatic rings. The Morgan fingerprint density at radius 2 is 1.72 bits per heavy atom. The van der Waals surface area contributed by atoms with Crippen LogP contribution in [0.1, 0.15) is 51.1 Å². The third kappa shape index (κ3) is 4.45. The summed E-state index contributed by atoms with van der Waals surface area (Å²) in [5.74, 6) is -0.0746. The zero-order valence-corrected chi connectivity index (χ0v) is 19.8. The minimum atomic E-state index is -0.391. The predicted octanol–water partition coefficient (Wildman–Crippen LogP) is 3.21. The topological polar surface area (TPSA) is 115 Å². The molecule has 1 fully saturated rings. The fourth-order valence-corrected chi connectivity index (χ4v) is 4.22. The van der Waals surface area contributed by atoms with Gasteiger partial charge in [0.25, 0.3) is 11.8 Å². The van der Waals surface area contributed by atoms with E-state index in [1.165, 1.54) is 13.1 Å². The van der Waals surface area contributed by atoms with E-state index in [4.69, 9.17) is 0 Å². The number of para-hydroxylation sites is 1. The van der Waals surface area contributed by atoms with Crippen LogP contribution in [0, 0.1) is 12.7 Å². The summed E-state index contributed by atoms with van der Waals surface area (Å²) in [6.45, 7) is 1.94. The van der Waals surface area contributed by atoms with Crippen LogP contribution in [0.5, 0.6) is 0 Å². The van der Waals surface area contributed by atoms with Gasteiger partial charge in [-0.2, -0.15) is 0 Å². The Bertz CT molecular complexity index is 1430. The Hall–Kier alpha value is -4.47. The molecule has 1 aliphatic carbocycles. The van der Waals surface area contributed by atoms with Gasteiger partial charge >= 0.3 is 0 Å². The van der Waals surface area contributed by atoms with Gasteiger partial charge < -0.3 is 10.6 Å². The molecule has 0 unspecified atom stereocenters. The van der Waals surface area contributed by atoms with Crippen LogP contribution in [0.25, 0.3) is 17.2 Å². The summed E-state index contributed by atoms with van der Waals surface area (Å²) in [5.41, 5.74) is 2.28. The van der Waals surface area contributed by atoms with E-state index in [2.05, 4.69) is 30.8 Å². The highest BCUT2D eigenvalue weighted by atomic mass is 19.1. The molecule has 0 radical (unpaired) electrons. The van der Waals surface area contributed by atoms with Gasteiger partial charge in [-0.3, -0.25) is 19.1 Å². The zero-order chi connectivity index (χ0) is 25.2. The molecule has 0 aliphatic heterocycles. The molecule has 182 valence electrons. The Labute approximate surface area is 206 Å². The summed E-state index contributed by atoms with van der Waals surface area (Å²) < 4.78 is 16.6. The Balaban J connectivity index is 1.37. The number of halogens is 1. The highest BCUT2D eigenvalue weighted by Crippen LogP contribution is 2.38. The summed E-state index contributed by atoms with van der Waals surface area (Å²) in [4.78, 5) is 33.1. The minimum Gasteiger partial charge on any atom is -0.354 e. The van der Waals surface area contributed by atoms with Crippen LogP contribution in [0.4, 0.5) is 4.39 Å². The first kappa shape index (κ1) is 23.3. The number of amides is 2. The molecule has 0 atom stereocenters. The second-order valence-corrected chi connectivity index (χ2v) is 8.72. The van der Waals surface area contributed by atoms with Gasteiger partial charge in [0.1, 0.15) is 28.7 Å². The van der Waals surface area contributed by atoms with Crippen molar-refractivity contribution in [2.75, 3.05) is 7.05 Å². The number of aryl methyl sites for hydroxylation is 1. The summed E-state index contributed by atoms with van der Waals surface area (Å²) in [6, 6.07) is 14.9. The molecule has 5 rings (SSSR count). The number of nitrogens with one attached hydrogen (secondary N) is 2. The van der Waals surface area contributed by atoms with E-state index in [-0.39, 0.29) is 35.2 Å². The molecule has 10 heteroatoms. The largest absolute Gasteiger partial charge is 0.354 e. The lowest BCUT2D eigenvalue weighted by atomic mass is 9.79. The second kappa shape index (κ2) is 9.65. The number of rotatable bonds is 6. The first-order valence-corrected chi connectivity index (χ1v) is 11.6. The van der Waals surface area contributed by atoms with Crippen molar-refractivity contribution in [2.45, 2.75) is 31.7 Å². The molecular formula is C26H24FN7O2. The van der Waals surface area contributed by atoms with Crippen molar-refractivity contribution in [3.05, 3.63) is 89.4 Å². The number of benzene rings is 1. The number of pyridine rings is 2. The van der Waals surface area contributed by atoms with Crippen molar-refractivity contribution >= 4 is 11.8 Å². The lowest BCUT2D eigenvalue weighted by Crippen LogP contribution is -2.44. The lowest BCUT2D eigenvalue weighted by molar-refractivity contribution is 0.0901. The second-order valence-electron chi connectivity index (χ2n) is 8.72. The SMILES string of the molecule is CNC(=O)c1cccc(C(=O)NC2CC(c3nnc(-c4ccc(C)cn4)n3-c3ccccc3F)C2)n1. The van der Waals surface area contributed by atoms with E-state index in [1.807, 2.05) is 19.1 Å². The van der Waals surface area contributed by atoms with Crippen LogP contribution in [0.3, 0.4) is 0 Å². The molecule has 1 saturated carbocycles. The number of aromatic nitrogens is 5. The van der Waals surface area contributed by atoms with Gasteiger partial charge in [0.05, 0.1) is 5.69 Å². The van der Waals surface area contributed by atoms with Crippen molar-refractivity contribution in [3.8, 4) is 17.2 Å². The highest BCUT2D eigenvalue weighted by molar-refractivity contribution is 5.96. The Morgan fingerprint density at radius 1 is 0.972 bits per heavy atom. The van der Waals surface area contributed by atoms with E-state index < -0.39 is 5.82 Å². The average Bonchev–Trinajstić information content (AvgIpc) is 3.30. The molecule has 3 heterocycles. The number of hydrogen-bond donors (Lipinski definition) is 2. The van der Waals surface area contributed by atoms with Crippen molar-refractivity contribution in [3.63, 3.8) is 0 Å². The number of carbonyl (C=O) groups is 2. The number of carbonyl (C=O) groups excluding carboxylic acids is 2. The molecule has 2 amide bonds. The van der Waals surface area contributed by atoms with Crippen molar-refractivity contribution in [1.29, 1.82) is 0 Å². The van der Waals surface area contributed by atoms with Crippen LogP contribution in [0.15, 0.2) is 60.8 Å². The maximum atomic E-state index is 14.8. The molecule has 2 N–H and O–H groups in total. The van der Waals surface area contributed by atoms with E-state index in [9.17, 15) is 14.0 Å². The van der Waals surface area contributed by atoms with Crippen LogP contribution in [0.2, 0.25) is 0 Å². The van der Waals surface area contributed by atoms with Gasteiger partial charge in [0.2, 0.25) is 0 Å². The molecule has 9 nitrogen and oxygen atoms in total. The van der Waals surface area contributed by atoms with E-state index in [0.29, 0.717) is 35.9 Å². The quantitative estimate of drug-likeness (QED) is 0.434. The smallest absolute Gasteiger partial charge is 0.270 e. The molecular weight excluding hydrogens is 461 g/mol. The highest BCUT2D eigenvalue weighted by Gasteiger charge is 2.36. The fraction of sp³-hybridized carbons (Fsp3) is 0.231. The van der Waals surface area contributed by atoms with Crippen LogP contribution >= 0.6 is 0 Å². The van der Waals surface area contributed by atoms with Gasteiger partial charge in [-0.15, -0.1) is 10.2 Å². The summed E-state index contributed by atoms with van der Waals surface area (Å²) in [7, 11) is 1.51. The van der Waals surface area contributed by atoms with Gasteiger partial charge in [-0.25, -0.2) is 9.37 Å². The Kier molecular flexibility index (Phi) is 6.24. The number of nitrogens with zero attached hydrogens (tertiary/aromatic N) is 5. The maximum absolute atomic E-state index is 14.8. The first-order valence-electron chi connectivity index (χ1n) is 11.6. The maximum Gasteiger partial charge on any atom is 0.270 e. The standard InChI is InChI=1S/C26H24FN7O2/c1-15-10-11-19(29-14-15)24-33-32-23(34(24)22-9-4-3-6-18(22)27)16-12-17(13-16)30-26(36)21-8-5-7-20(31-21)25(35)28-2/h3-11,14,16-17H,12-13H2,1-2H3,(H,28,35)(H,30,36). The zero-order valence-electron chi connectivity index (χ0n) is 19.8. The first-order chi connectivity index (χ1) is 17.4. The molecule has 0 bridgehead atoms. The van der Waals surface area contributed by atoms with Crippen LogP contribution in [-0.2, 0) is 0 Å². The summed E-state index contributed by atoms with van der Waals surface area (Å²) in [6.07, 6.45) is 2.95. The fourth-order valence-electron chi connectivity index (χ4n) is 4.22. The van der Waals surface area contributed by atoms with E-state index >= 15 is 0 Å². The van der Waals surface area contributed by atoms with Crippen LogP contribution in [-0.4, -0.2) is 49.6 Å². The normalized spacial score (nSPS) is 16.8. The van der Waals surface area contributed by atoms with E-state index in [1.54, 1.807) is 47.2 Å². The molecule has 4 aromatic rings. The number of hydrogen-bond acceptors (Lipinski definition) is 6. The van der Waals surface area contributed by atoms with Crippen LogP contribution < -0.4 is 10.6 Å². The van der Waals surface area contributed by atoms with Crippen molar-refractivity contribution < 1.29 is 14.0 Å². The molecule has 0 saturated heterocycles. The molecule has 3 aromatic heterocycles. The van der Waals surface area contributed by atoms with E-state index in [0.717, 1.165) is 5.56 Å². The molecule has 1 aromatic carbocycles. The average molecular weight is 486 g/mol. The third-order valence-electron chi connectivity index (χ3n) is 6.20. The summed E-state index contributed by atoms with van der Waals surface area (Å²) in [5, 5.41) is 14.2. The lowest BCUT2D eigenvalue weighted by Gasteiger charge is -2.35. The van der Waals surface area contributed by atoms with Gasteiger partial charge in [-0.05, 0) is 55.7 Å². The Morgan fingerprint density at radius 3 is 2.42 bits per heavy atom.